The summed E-state index contributed by atoms with van der Waals surface area (Å²) in [6.07, 6.45) is -4.35. The summed E-state index contributed by atoms with van der Waals surface area (Å²) in [4.78, 5) is 4.39. The van der Waals surface area contributed by atoms with Crippen molar-refractivity contribution in [2.45, 2.75) is 40.0 Å². The first-order valence-corrected chi connectivity index (χ1v) is 8.39. The second-order valence-electron chi connectivity index (χ2n) is 6.02. The molecule has 5 nitrogen and oxygen atoms in total. The van der Waals surface area contributed by atoms with Crippen molar-refractivity contribution in [3.8, 4) is 0 Å². The van der Waals surface area contributed by atoms with Crippen LogP contribution in [0.25, 0.3) is 0 Å². The maximum atomic E-state index is 12.8. The number of nitrogens with zero attached hydrogens (tertiary/aromatic N) is 3. The number of benzene rings is 1. The molecule has 2 aromatic rings. The largest absolute Gasteiger partial charge is 0.416 e. The summed E-state index contributed by atoms with van der Waals surface area (Å²) >= 11 is 0. The van der Waals surface area contributed by atoms with Gasteiger partial charge in [-0.15, -0.1) is 0 Å². The van der Waals surface area contributed by atoms with Crippen LogP contribution in [0.3, 0.4) is 0 Å². The Morgan fingerprint density at radius 3 is 2.54 bits per heavy atom. The lowest BCUT2D eigenvalue weighted by Gasteiger charge is -2.12. The number of aliphatic imine (C=N–C) groups is 1. The number of nitrogens with one attached hydrogen (secondary N) is 2. The number of rotatable bonds is 5. The minimum Gasteiger partial charge on any atom is -0.357 e. The van der Waals surface area contributed by atoms with Crippen molar-refractivity contribution in [3.63, 3.8) is 0 Å². The van der Waals surface area contributed by atoms with Gasteiger partial charge in [0, 0.05) is 31.4 Å². The Hall–Kier alpha value is -2.51. The summed E-state index contributed by atoms with van der Waals surface area (Å²) < 4.78 is 40.2. The van der Waals surface area contributed by atoms with Gasteiger partial charge >= 0.3 is 6.18 Å². The van der Waals surface area contributed by atoms with Crippen LogP contribution in [0.2, 0.25) is 0 Å². The molecule has 1 aromatic heterocycles. The van der Waals surface area contributed by atoms with E-state index in [0.717, 1.165) is 29.1 Å². The van der Waals surface area contributed by atoms with Crippen LogP contribution in [-0.4, -0.2) is 22.3 Å². The minimum absolute atomic E-state index is 0.157. The van der Waals surface area contributed by atoms with Gasteiger partial charge in [-0.05, 0) is 38.5 Å². The van der Waals surface area contributed by atoms with Crippen molar-refractivity contribution < 1.29 is 13.2 Å². The zero-order valence-electron chi connectivity index (χ0n) is 15.4. The van der Waals surface area contributed by atoms with Crippen molar-refractivity contribution in [2.75, 3.05) is 6.54 Å². The topological polar surface area (TPSA) is 54.2 Å². The number of hydrogen-bond acceptors (Lipinski definition) is 2. The number of aromatic nitrogens is 2. The van der Waals surface area contributed by atoms with Crippen molar-refractivity contribution in [1.29, 1.82) is 0 Å². The summed E-state index contributed by atoms with van der Waals surface area (Å²) in [6.45, 7) is 7.21. The van der Waals surface area contributed by atoms with E-state index in [2.05, 4.69) is 20.7 Å². The molecule has 0 unspecified atom stereocenters. The third kappa shape index (κ3) is 5.00. The molecular formula is C18H24F3N5. The number of aryl methyl sites for hydroxylation is 2. The highest BCUT2D eigenvalue weighted by atomic mass is 19.4. The highest BCUT2D eigenvalue weighted by Crippen LogP contribution is 2.29. The molecular weight excluding hydrogens is 343 g/mol. The first kappa shape index (κ1) is 19.8. The highest BCUT2D eigenvalue weighted by molar-refractivity contribution is 5.79. The summed E-state index contributed by atoms with van der Waals surface area (Å²) in [5.74, 6) is 0.549. The summed E-state index contributed by atoms with van der Waals surface area (Å²) in [5, 5.41) is 10.7. The lowest BCUT2D eigenvalue weighted by Crippen LogP contribution is -2.37. The molecule has 0 aliphatic rings. The molecule has 0 bridgehead atoms. The molecule has 26 heavy (non-hydrogen) atoms. The number of halogens is 3. The molecule has 1 heterocycles. The van der Waals surface area contributed by atoms with E-state index in [9.17, 15) is 13.2 Å². The van der Waals surface area contributed by atoms with Crippen molar-refractivity contribution in [2.24, 2.45) is 12.0 Å². The Morgan fingerprint density at radius 2 is 1.96 bits per heavy atom. The summed E-state index contributed by atoms with van der Waals surface area (Å²) in [6, 6.07) is 5.22. The number of hydrogen-bond donors (Lipinski definition) is 2. The predicted molar refractivity (Wildman–Crippen MR) is 95.8 cm³/mol. The van der Waals surface area contributed by atoms with Gasteiger partial charge in [0.15, 0.2) is 5.96 Å². The minimum atomic E-state index is -4.35. The summed E-state index contributed by atoms with van der Waals surface area (Å²) in [5.41, 5.74) is 2.92. The van der Waals surface area contributed by atoms with Crippen LogP contribution in [0.4, 0.5) is 13.2 Å². The first-order chi connectivity index (χ1) is 12.2. The average molecular weight is 367 g/mol. The first-order valence-electron chi connectivity index (χ1n) is 8.39. The predicted octanol–water partition coefficient (Wildman–Crippen LogP) is 3.31. The Bertz CT molecular complexity index is 778. The summed E-state index contributed by atoms with van der Waals surface area (Å²) in [7, 11) is 1.89. The molecule has 1 aromatic carbocycles. The highest BCUT2D eigenvalue weighted by Gasteiger charge is 2.30. The van der Waals surface area contributed by atoms with Crippen LogP contribution in [0, 0.1) is 13.8 Å². The molecule has 0 amide bonds. The Kier molecular flexibility index (Phi) is 6.28. The fourth-order valence-electron chi connectivity index (χ4n) is 2.60. The molecule has 0 aliphatic carbocycles. The monoisotopic (exact) mass is 367 g/mol. The normalized spacial score (nSPS) is 12.3. The average Bonchev–Trinajstić information content (AvgIpc) is 2.82. The van der Waals surface area contributed by atoms with Gasteiger partial charge in [-0.2, -0.15) is 18.3 Å². The van der Waals surface area contributed by atoms with E-state index >= 15 is 0 Å². The van der Waals surface area contributed by atoms with Crippen molar-refractivity contribution in [3.05, 3.63) is 52.3 Å². The Morgan fingerprint density at radius 1 is 1.23 bits per heavy atom. The smallest absolute Gasteiger partial charge is 0.357 e. The lowest BCUT2D eigenvalue weighted by atomic mass is 10.1. The van der Waals surface area contributed by atoms with Gasteiger partial charge < -0.3 is 10.6 Å². The van der Waals surface area contributed by atoms with Crippen LogP contribution in [0.5, 0.6) is 0 Å². The quantitative estimate of drug-likeness (QED) is 0.630. The molecule has 0 aliphatic heterocycles. The molecule has 8 heteroatoms. The van der Waals surface area contributed by atoms with Gasteiger partial charge in [-0.1, -0.05) is 12.1 Å². The van der Waals surface area contributed by atoms with Crippen LogP contribution in [0.15, 0.2) is 29.3 Å². The number of alkyl halides is 3. The molecule has 0 saturated carbocycles. The van der Waals surface area contributed by atoms with Crippen LogP contribution >= 0.6 is 0 Å². The molecule has 2 rings (SSSR count). The third-order valence-electron chi connectivity index (χ3n) is 4.11. The zero-order valence-corrected chi connectivity index (χ0v) is 15.4. The fourth-order valence-corrected chi connectivity index (χ4v) is 2.60. The maximum absolute atomic E-state index is 12.8. The Balaban J connectivity index is 2.09. The Labute approximate surface area is 151 Å². The third-order valence-corrected chi connectivity index (χ3v) is 4.11. The van der Waals surface area contributed by atoms with Gasteiger partial charge in [0.2, 0.25) is 0 Å². The van der Waals surface area contributed by atoms with E-state index in [0.29, 0.717) is 24.6 Å². The van der Waals surface area contributed by atoms with Crippen LogP contribution in [0.1, 0.15) is 35.0 Å². The van der Waals surface area contributed by atoms with Gasteiger partial charge in [0.1, 0.15) is 0 Å². The van der Waals surface area contributed by atoms with Crippen LogP contribution < -0.4 is 10.6 Å². The van der Waals surface area contributed by atoms with E-state index < -0.39 is 11.7 Å². The molecule has 0 spiro atoms. The van der Waals surface area contributed by atoms with Crippen molar-refractivity contribution in [1.82, 2.24) is 20.4 Å². The van der Waals surface area contributed by atoms with Gasteiger partial charge in [-0.25, -0.2) is 4.99 Å². The van der Waals surface area contributed by atoms with Crippen LogP contribution in [-0.2, 0) is 26.3 Å². The van der Waals surface area contributed by atoms with Gasteiger partial charge in [-0.3, -0.25) is 4.68 Å². The standard InChI is InChI=1S/C18H24F3N5/c1-5-22-17(24-11-16-12(2)25-26(4)13(16)3)23-10-14-7-6-8-15(9-14)18(19,20)21/h6-9H,5,10-11H2,1-4H3,(H2,22,23,24). The second kappa shape index (κ2) is 8.25. The molecule has 0 fully saturated rings. The SMILES string of the molecule is CCNC(=NCc1cccc(C(F)(F)F)c1)NCc1c(C)nn(C)c1C. The van der Waals surface area contributed by atoms with E-state index in [-0.39, 0.29) is 6.54 Å². The molecule has 0 saturated heterocycles. The van der Waals surface area contributed by atoms with Crippen molar-refractivity contribution >= 4 is 5.96 Å². The van der Waals surface area contributed by atoms with E-state index in [1.807, 2.05) is 32.5 Å². The van der Waals surface area contributed by atoms with Gasteiger partial charge in [0.25, 0.3) is 0 Å². The number of guanidine groups is 1. The fraction of sp³-hybridized carbons (Fsp3) is 0.444. The molecule has 0 radical (unpaired) electrons. The van der Waals surface area contributed by atoms with E-state index in [1.165, 1.54) is 6.07 Å². The maximum Gasteiger partial charge on any atom is 0.416 e. The van der Waals surface area contributed by atoms with Gasteiger partial charge in [0.05, 0.1) is 17.8 Å². The molecule has 142 valence electrons. The molecule has 2 N–H and O–H groups in total. The molecule has 0 atom stereocenters. The van der Waals surface area contributed by atoms with E-state index in [4.69, 9.17) is 0 Å². The second-order valence-corrected chi connectivity index (χ2v) is 6.02. The van der Waals surface area contributed by atoms with E-state index in [1.54, 1.807) is 6.07 Å². The lowest BCUT2D eigenvalue weighted by molar-refractivity contribution is -0.137. The zero-order chi connectivity index (χ0) is 19.3.